The molecule has 0 atom stereocenters. The molecule has 0 spiro atoms. The highest BCUT2D eigenvalue weighted by atomic mass is 14.2. The quantitative estimate of drug-likeness (QED) is 0.151. The van der Waals surface area contributed by atoms with E-state index in [1.54, 1.807) is 0 Å². The van der Waals surface area contributed by atoms with Gasteiger partial charge in [-0.2, -0.15) is 0 Å². The van der Waals surface area contributed by atoms with Gasteiger partial charge in [-0.25, -0.2) is 0 Å². The number of hydrogen-bond donors (Lipinski definition) is 0. The molecule has 0 saturated heterocycles. The van der Waals surface area contributed by atoms with E-state index in [9.17, 15) is 0 Å². The maximum Gasteiger partial charge on any atom is -0.00921 e. The Hall–Kier alpha value is -8.84. The van der Waals surface area contributed by atoms with E-state index < -0.39 is 0 Å². The Morgan fingerprint density at radius 1 is 0.132 bits per heavy atom. The first-order valence-corrected chi connectivity index (χ1v) is 23.6. The molecule has 14 aromatic rings. The molecule has 14 aromatic carbocycles. The van der Waals surface area contributed by atoms with Gasteiger partial charge in [0.25, 0.3) is 0 Å². The molecule has 0 saturated carbocycles. The molecule has 0 amide bonds. The fraction of sp³-hybridized carbons (Fsp3) is 0. The van der Waals surface area contributed by atoms with E-state index >= 15 is 0 Å². The van der Waals surface area contributed by atoms with Crippen LogP contribution in [-0.2, 0) is 0 Å². The second-order valence-electron chi connectivity index (χ2n) is 18.4. The summed E-state index contributed by atoms with van der Waals surface area (Å²) in [5.74, 6) is 0. The van der Waals surface area contributed by atoms with Crippen molar-refractivity contribution < 1.29 is 0 Å². The second-order valence-corrected chi connectivity index (χ2v) is 18.4. The number of benzene rings is 14. The second kappa shape index (κ2) is 15.4. The Kier molecular flexibility index (Phi) is 8.69. The highest BCUT2D eigenvalue weighted by Gasteiger charge is 2.19. The highest BCUT2D eigenvalue weighted by molar-refractivity contribution is 6.26. The first-order valence-electron chi connectivity index (χ1n) is 23.6. The minimum atomic E-state index is 1.19. The molecule has 0 aliphatic carbocycles. The number of hydrogen-bond acceptors (Lipinski definition) is 0. The van der Waals surface area contributed by atoms with Gasteiger partial charge in [-0.05, 0) is 190 Å². The zero-order chi connectivity index (χ0) is 44.7. The first-order chi connectivity index (χ1) is 33.7. The van der Waals surface area contributed by atoms with Crippen molar-refractivity contribution in [2.24, 2.45) is 0 Å². The van der Waals surface area contributed by atoms with E-state index in [4.69, 9.17) is 0 Å². The summed E-state index contributed by atoms with van der Waals surface area (Å²) < 4.78 is 0. The van der Waals surface area contributed by atoms with Gasteiger partial charge in [-0.15, -0.1) is 0 Å². The third-order valence-electron chi connectivity index (χ3n) is 14.6. The summed E-state index contributed by atoms with van der Waals surface area (Å²) in [7, 11) is 0. The predicted octanol–water partition coefficient (Wildman–Crippen LogP) is 19.2. The van der Waals surface area contributed by atoms with E-state index in [1.165, 1.54) is 142 Å². The molecule has 0 radical (unpaired) electrons. The summed E-state index contributed by atoms with van der Waals surface area (Å²) in [4.78, 5) is 0. The third kappa shape index (κ3) is 6.15. The lowest BCUT2D eigenvalue weighted by Crippen LogP contribution is -1.91. The minimum absolute atomic E-state index is 1.19. The summed E-state index contributed by atoms with van der Waals surface area (Å²) in [6.45, 7) is 0. The molecule has 0 unspecified atom stereocenters. The summed E-state index contributed by atoms with van der Waals surface area (Å²) >= 11 is 0. The van der Waals surface area contributed by atoms with Crippen LogP contribution in [0.4, 0.5) is 0 Å². The van der Waals surface area contributed by atoms with Crippen molar-refractivity contribution in [1.82, 2.24) is 0 Å². The van der Waals surface area contributed by atoms with E-state index in [-0.39, 0.29) is 0 Å². The molecule has 0 nitrogen and oxygen atoms in total. The normalized spacial score (nSPS) is 11.8. The maximum absolute atomic E-state index is 2.47. The summed E-state index contributed by atoms with van der Waals surface area (Å²) in [5.41, 5.74) is 12.3. The molecule has 0 fully saturated rings. The van der Waals surface area contributed by atoms with Gasteiger partial charge in [-0.1, -0.05) is 206 Å². The van der Waals surface area contributed by atoms with Crippen LogP contribution in [0.2, 0.25) is 0 Å². The van der Waals surface area contributed by atoms with Gasteiger partial charge in [0.15, 0.2) is 0 Å². The van der Waals surface area contributed by atoms with Crippen LogP contribution in [0.15, 0.2) is 255 Å². The zero-order valence-electron chi connectivity index (χ0n) is 37.2. The monoisotopic (exact) mass is 858 g/mol. The fourth-order valence-electron chi connectivity index (χ4n) is 11.3. The topological polar surface area (TPSA) is 0 Å². The van der Waals surface area contributed by atoms with Gasteiger partial charge in [0.1, 0.15) is 0 Å². The van der Waals surface area contributed by atoms with Crippen LogP contribution in [0.25, 0.3) is 142 Å². The average Bonchev–Trinajstić information content (AvgIpc) is 3.42. The molecule has 0 bridgehead atoms. The van der Waals surface area contributed by atoms with Crippen molar-refractivity contribution >= 4 is 86.2 Å². The molecule has 0 aliphatic heterocycles. The van der Waals surface area contributed by atoms with Gasteiger partial charge >= 0.3 is 0 Å². The summed E-state index contributed by atoms with van der Waals surface area (Å²) in [6, 6.07) is 95.0. The van der Waals surface area contributed by atoms with Gasteiger partial charge in [0.2, 0.25) is 0 Å². The standard InChI is InChI=1S/C68H42/c1-3-17-45(18-4-1)59-39-67-58-34-32-49(37-63(58)60(46-19-5-2-6-20-46)40-65(67)55-25-13-11-23-53(55)59)50-31-33-57-62(52-30-28-44-16-8-10-22-48(44)36-52)41-66-56-26-14-12-24-54(56)61(42-68(66)64(57)38-50)51-29-27-43-15-7-9-21-47(43)35-51/h1-42H. The molecule has 0 heterocycles. The van der Waals surface area contributed by atoms with Gasteiger partial charge in [0.05, 0.1) is 0 Å². The lowest BCUT2D eigenvalue weighted by molar-refractivity contribution is 1.65. The highest BCUT2D eigenvalue weighted by Crippen LogP contribution is 2.46. The van der Waals surface area contributed by atoms with Crippen LogP contribution >= 0.6 is 0 Å². The summed E-state index contributed by atoms with van der Waals surface area (Å²) in [5, 5.41) is 20.1. The van der Waals surface area contributed by atoms with Crippen molar-refractivity contribution in [2.75, 3.05) is 0 Å². The fourth-order valence-corrected chi connectivity index (χ4v) is 11.3. The molecule has 314 valence electrons. The lowest BCUT2D eigenvalue weighted by atomic mass is 9.85. The van der Waals surface area contributed by atoms with Crippen LogP contribution in [0.1, 0.15) is 0 Å². The van der Waals surface area contributed by atoms with E-state index in [0.29, 0.717) is 0 Å². The molecular formula is C68H42. The van der Waals surface area contributed by atoms with E-state index in [0.717, 1.165) is 0 Å². The molecule has 0 aromatic heterocycles. The first kappa shape index (κ1) is 38.4. The van der Waals surface area contributed by atoms with Crippen LogP contribution in [0.5, 0.6) is 0 Å². The lowest BCUT2D eigenvalue weighted by Gasteiger charge is -2.18. The van der Waals surface area contributed by atoms with Gasteiger partial charge < -0.3 is 0 Å². The molecule has 14 rings (SSSR count). The van der Waals surface area contributed by atoms with E-state index in [2.05, 4.69) is 255 Å². The molecule has 0 aliphatic rings. The van der Waals surface area contributed by atoms with E-state index in [1.807, 2.05) is 0 Å². The smallest absolute Gasteiger partial charge is 0.00921 e. The molecular weight excluding hydrogens is 817 g/mol. The van der Waals surface area contributed by atoms with Crippen molar-refractivity contribution in [1.29, 1.82) is 0 Å². The number of rotatable bonds is 5. The third-order valence-corrected chi connectivity index (χ3v) is 14.6. The predicted molar refractivity (Wildman–Crippen MR) is 294 cm³/mol. The van der Waals surface area contributed by atoms with Crippen LogP contribution < -0.4 is 0 Å². The Bertz CT molecular complexity index is 4350. The number of fused-ring (bicyclic) bond motifs is 12. The van der Waals surface area contributed by atoms with Crippen LogP contribution in [-0.4, -0.2) is 0 Å². The molecule has 0 heteroatoms. The Morgan fingerprint density at radius 3 is 0.941 bits per heavy atom. The van der Waals surface area contributed by atoms with Crippen molar-refractivity contribution in [3.05, 3.63) is 255 Å². The van der Waals surface area contributed by atoms with Crippen molar-refractivity contribution in [3.63, 3.8) is 0 Å². The SMILES string of the molecule is c1ccc(-c2cc3c4ccc(-c5ccc6c(-c7ccc8ccccc8c7)cc7c8ccccc8c(-c8ccc9ccccc9c8)cc7c6c5)cc4c(-c4ccccc4)cc3c3ccccc23)cc1. The largest absolute Gasteiger partial charge is 0.0622 e. The van der Waals surface area contributed by atoms with Crippen LogP contribution in [0.3, 0.4) is 0 Å². The van der Waals surface area contributed by atoms with Crippen molar-refractivity contribution in [2.45, 2.75) is 0 Å². The zero-order valence-corrected chi connectivity index (χ0v) is 37.2. The Labute approximate surface area is 394 Å². The average molecular weight is 859 g/mol. The van der Waals surface area contributed by atoms with Crippen molar-refractivity contribution in [3.8, 4) is 55.6 Å². The van der Waals surface area contributed by atoms with Gasteiger partial charge in [0, 0.05) is 0 Å². The molecule has 68 heavy (non-hydrogen) atoms. The minimum Gasteiger partial charge on any atom is -0.0622 e. The summed E-state index contributed by atoms with van der Waals surface area (Å²) in [6.07, 6.45) is 0. The Balaban J connectivity index is 1.05. The van der Waals surface area contributed by atoms with Gasteiger partial charge in [-0.3, -0.25) is 0 Å². The molecule has 0 N–H and O–H groups in total. The Morgan fingerprint density at radius 2 is 0.441 bits per heavy atom. The maximum atomic E-state index is 2.47. The van der Waals surface area contributed by atoms with Crippen LogP contribution in [0, 0.1) is 0 Å².